The SMILES string of the molecule is CCCC(=O)Nc1ccc(CNC(=NC)NC(C)c2nc(C)c(C(=O)OCC)s2)cc1.I. The topological polar surface area (TPSA) is 105 Å². The molecule has 8 nitrogen and oxygen atoms in total. The Morgan fingerprint density at radius 2 is 1.91 bits per heavy atom. The number of anilines is 1. The Kier molecular flexibility index (Phi) is 12.2. The lowest BCUT2D eigenvalue weighted by molar-refractivity contribution is -0.116. The quantitative estimate of drug-likeness (QED) is 0.178. The number of rotatable bonds is 9. The summed E-state index contributed by atoms with van der Waals surface area (Å²) in [5, 5.41) is 10.2. The van der Waals surface area contributed by atoms with Crippen LogP contribution < -0.4 is 16.0 Å². The highest BCUT2D eigenvalue weighted by atomic mass is 127. The number of carbonyl (C=O) groups is 2. The van der Waals surface area contributed by atoms with Gasteiger partial charge in [-0.1, -0.05) is 19.1 Å². The van der Waals surface area contributed by atoms with Crippen molar-refractivity contribution in [1.29, 1.82) is 0 Å². The molecule has 32 heavy (non-hydrogen) atoms. The number of amides is 1. The summed E-state index contributed by atoms with van der Waals surface area (Å²) in [7, 11) is 1.70. The molecule has 1 unspecified atom stereocenters. The molecule has 0 fully saturated rings. The van der Waals surface area contributed by atoms with E-state index in [4.69, 9.17) is 4.74 Å². The lowest BCUT2D eigenvalue weighted by atomic mass is 10.2. The predicted molar refractivity (Wildman–Crippen MR) is 140 cm³/mol. The minimum absolute atomic E-state index is 0. The van der Waals surface area contributed by atoms with Crippen LogP contribution >= 0.6 is 35.3 Å². The summed E-state index contributed by atoms with van der Waals surface area (Å²) >= 11 is 1.33. The van der Waals surface area contributed by atoms with E-state index in [0.29, 0.717) is 36.1 Å². The van der Waals surface area contributed by atoms with Gasteiger partial charge in [-0.2, -0.15) is 0 Å². The highest BCUT2D eigenvalue weighted by molar-refractivity contribution is 14.0. The van der Waals surface area contributed by atoms with Crippen molar-refractivity contribution in [2.75, 3.05) is 19.0 Å². The smallest absolute Gasteiger partial charge is 0.350 e. The van der Waals surface area contributed by atoms with Crippen LogP contribution in [0.5, 0.6) is 0 Å². The minimum atomic E-state index is -0.340. The standard InChI is InChI=1S/C22H31N5O3S.HI/c1-6-8-18(28)27-17-11-9-16(10-12-17)13-24-22(23-5)26-15(4)20-25-14(3)19(31-20)21(29)30-7-2;/h9-12,15H,6-8,13H2,1-5H3,(H,27,28)(H2,23,24,26);1H. The van der Waals surface area contributed by atoms with Crippen LogP contribution in [-0.4, -0.2) is 36.5 Å². The summed E-state index contributed by atoms with van der Waals surface area (Å²) < 4.78 is 5.09. The number of ether oxygens (including phenoxy) is 1. The maximum Gasteiger partial charge on any atom is 0.350 e. The third kappa shape index (κ3) is 8.38. The van der Waals surface area contributed by atoms with Crippen molar-refractivity contribution in [3.63, 3.8) is 0 Å². The molecule has 176 valence electrons. The third-order valence-corrected chi connectivity index (χ3v) is 5.72. The van der Waals surface area contributed by atoms with Gasteiger partial charge >= 0.3 is 5.97 Å². The molecule has 3 N–H and O–H groups in total. The Morgan fingerprint density at radius 1 is 1.22 bits per heavy atom. The number of hydrogen-bond acceptors (Lipinski definition) is 6. The molecule has 0 aliphatic heterocycles. The Bertz CT molecular complexity index is 915. The van der Waals surface area contributed by atoms with Gasteiger partial charge in [0.1, 0.15) is 9.88 Å². The summed E-state index contributed by atoms with van der Waals surface area (Å²) in [4.78, 5) is 33.0. The van der Waals surface area contributed by atoms with Gasteiger partial charge in [-0.25, -0.2) is 9.78 Å². The van der Waals surface area contributed by atoms with Crippen molar-refractivity contribution in [3.8, 4) is 0 Å². The van der Waals surface area contributed by atoms with Gasteiger partial charge in [0.2, 0.25) is 5.91 Å². The molecule has 0 saturated heterocycles. The number of hydrogen-bond donors (Lipinski definition) is 3. The van der Waals surface area contributed by atoms with Gasteiger partial charge in [0.05, 0.1) is 18.3 Å². The normalized spacial score (nSPS) is 11.8. The molecule has 2 rings (SSSR count). The number of thiazole rings is 1. The number of halogens is 1. The van der Waals surface area contributed by atoms with Crippen LogP contribution in [0.15, 0.2) is 29.3 Å². The van der Waals surface area contributed by atoms with Crippen LogP contribution in [0.4, 0.5) is 5.69 Å². The second-order valence-corrected chi connectivity index (χ2v) is 8.00. The Labute approximate surface area is 210 Å². The molecule has 0 radical (unpaired) electrons. The first-order valence-corrected chi connectivity index (χ1v) is 11.2. The molecule has 1 heterocycles. The largest absolute Gasteiger partial charge is 0.462 e. The van der Waals surface area contributed by atoms with E-state index in [0.717, 1.165) is 22.7 Å². The molecule has 0 aliphatic rings. The molecule has 1 atom stereocenters. The number of carbonyl (C=O) groups excluding carboxylic acids is 2. The summed E-state index contributed by atoms with van der Waals surface area (Å²) in [6.45, 7) is 8.44. The van der Waals surface area contributed by atoms with Crippen LogP contribution in [0.25, 0.3) is 0 Å². The van der Waals surface area contributed by atoms with E-state index in [9.17, 15) is 9.59 Å². The summed E-state index contributed by atoms with van der Waals surface area (Å²) in [5.74, 6) is 0.307. The number of nitrogens with zero attached hydrogens (tertiary/aromatic N) is 2. The molecular weight excluding hydrogens is 541 g/mol. The average Bonchev–Trinajstić information content (AvgIpc) is 3.14. The van der Waals surface area contributed by atoms with Crippen LogP contribution in [-0.2, 0) is 16.1 Å². The second-order valence-electron chi connectivity index (χ2n) is 6.97. The van der Waals surface area contributed by atoms with Gasteiger partial charge in [0.25, 0.3) is 0 Å². The van der Waals surface area contributed by atoms with Crippen molar-refractivity contribution in [3.05, 3.63) is 45.4 Å². The Morgan fingerprint density at radius 3 is 2.50 bits per heavy atom. The fraction of sp³-hybridized carbons (Fsp3) is 0.455. The Hall–Kier alpha value is -2.21. The van der Waals surface area contributed by atoms with Crippen molar-refractivity contribution in [1.82, 2.24) is 15.6 Å². The van der Waals surface area contributed by atoms with Crippen molar-refractivity contribution >= 4 is 58.8 Å². The summed E-state index contributed by atoms with van der Waals surface area (Å²) in [6, 6.07) is 7.56. The molecule has 1 amide bonds. The fourth-order valence-corrected chi connectivity index (χ4v) is 3.76. The molecular formula is C22H32IN5O3S. The number of benzene rings is 1. The number of aromatic nitrogens is 1. The van der Waals surface area contributed by atoms with Gasteiger partial charge in [0, 0.05) is 25.7 Å². The highest BCUT2D eigenvalue weighted by Crippen LogP contribution is 2.24. The van der Waals surface area contributed by atoms with Gasteiger partial charge in [-0.05, 0) is 44.9 Å². The molecule has 1 aromatic carbocycles. The van der Waals surface area contributed by atoms with Crippen molar-refractivity contribution in [2.45, 2.75) is 53.1 Å². The molecule has 0 aliphatic carbocycles. The Balaban J connectivity index is 0.00000512. The molecule has 1 aromatic heterocycles. The summed E-state index contributed by atoms with van der Waals surface area (Å²) in [6.07, 6.45) is 1.34. The molecule has 2 aromatic rings. The van der Waals surface area contributed by atoms with Crippen LogP contribution in [0.2, 0.25) is 0 Å². The first-order valence-electron chi connectivity index (χ1n) is 10.4. The molecule has 10 heteroatoms. The number of aliphatic imine (C=N–C) groups is 1. The zero-order chi connectivity index (χ0) is 22.8. The molecule has 0 bridgehead atoms. The predicted octanol–water partition coefficient (Wildman–Crippen LogP) is 4.41. The van der Waals surface area contributed by atoms with E-state index in [2.05, 4.69) is 25.9 Å². The van der Waals surface area contributed by atoms with Crippen LogP contribution in [0.1, 0.15) is 65.6 Å². The maximum atomic E-state index is 12.0. The highest BCUT2D eigenvalue weighted by Gasteiger charge is 2.20. The van der Waals surface area contributed by atoms with E-state index in [1.807, 2.05) is 38.1 Å². The number of esters is 1. The van der Waals surface area contributed by atoms with E-state index in [1.54, 1.807) is 20.9 Å². The van der Waals surface area contributed by atoms with Gasteiger partial charge < -0.3 is 20.7 Å². The first kappa shape index (κ1) is 27.8. The average molecular weight is 574 g/mol. The molecule has 0 saturated carbocycles. The van der Waals surface area contributed by atoms with E-state index in [1.165, 1.54) is 11.3 Å². The van der Waals surface area contributed by atoms with Gasteiger partial charge in [-0.3, -0.25) is 9.79 Å². The number of aryl methyl sites for hydroxylation is 1. The zero-order valence-electron chi connectivity index (χ0n) is 19.2. The second kappa shape index (κ2) is 14.0. The first-order chi connectivity index (χ1) is 14.9. The van der Waals surface area contributed by atoms with Gasteiger partial charge in [0.15, 0.2) is 5.96 Å². The van der Waals surface area contributed by atoms with Crippen molar-refractivity contribution < 1.29 is 14.3 Å². The van der Waals surface area contributed by atoms with Crippen molar-refractivity contribution in [2.24, 2.45) is 4.99 Å². The summed E-state index contributed by atoms with van der Waals surface area (Å²) in [5.41, 5.74) is 2.51. The zero-order valence-corrected chi connectivity index (χ0v) is 22.3. The van der Waals surface area contributed by atoms with E-state index < -0.39 is 0 Å². The lowest BCUT2D eigenvalue weighted by Gasteiger charge is -2.16. The lowest BCUT2D eigenvalue weighted by Crippen LogP contribution is -2.38. The number of nitrogens with one attached hydrogen (secondary N) is 3. The minimum Gasteiger partial charge on any atom is -0.462 e. The van der Waals surface area contributed by atoms with E-state index >= 15 is 0 Å². The molecule has 0 spiro atoms. The van der Waals surface area contributed by atoms with Crippen LogP contribution in [0, 0.1) is 6.92 Å². The number of guanidine groups is 1. The maximum absolute atomic E-state index is 12.0. The fourth-order valence-electron chi connectivity index (χ4n) is 2.79. The van der Waals surface area contributed by atoms with Crippen LogP contribution in [0.3, 0.4) is 0 Å². The van der Waals surface area contributed by atoms with Gasteiger partial charge in [-0.15, -0.1) is 35.3 Å². The monoisotopic (exact) mass is 573 g/mol. The van der Waals surface area contributed by atoms with E-state index in [-0.39, 0.29) is 41.9 Å². The third-order valence-electron chi connectivity index (χ3n) is 4.40.